The van der Waals surface area contributed by atoms with E-state index in [2.05, 4.69) is 16.0 Å². The Kier molecular flexibility index (Phi) is 6.02. The lowest BCUT2D eigenvalue weighted by molar-refractivity contribution is 0.102. The number of rotatable bonds is 5. The molecule has 0 radical (unpaired) electrons. The van der Waals surface area contributed by atoms with Crippen molar-refractivity contribution in [1.29, 1.82) is 5.26 Å². The fraction of sp³-hybridized carbons (Fsp3) is 0.250. The molecule has 2 aromatic rings. The second kappa shape index (κ2) is 8.83. The molecule has 0 spiro atoms. The number of urea groups is 1. The van der Waals surface area contributed by atoms with Crippen LogP contribution in [0.5, 0.6) is 0 Å². The Morgan fingerprint density at radius 2 is 1.70 bits per heavy atom. The van der Waals surface area contributed by atoms with Gasteiger partial charge in [0.1, 0.15) is 0 Å². The molecule has 1 aliphatic rings. The Balaban J connectivity index is 1.49. The van der Waals surface area contributed by atoms with Crippen molar-refractivity contribution >= 4 is 23.3 Å². The van der Waals surface area contributed by atoms with Crippen molar-refractivity contribution in [2.75, 3.05) is 23.8 Å². The Hall–Kier alpha value is -3.37. The molecule has 0 aromatic heterocycles. The second-order valence-corrected chi connectivity index (χ2v) is 6.19. The van der Waals surface area contributed by atoms with E-state index in [0.717, 1.165) is 19.4 Å². The summed E-state index contributed by atoms with van der Waals surface area (Å²) >= 11 is 0. The zero-order valence-electron chi connectivity index (χ0n) is 14.7. The van der Waals surface area contributed by atoms with Crippen molar-refractivity contribution in [1.82, 2.24) is 5.32 Å². The molecule has 3 amide bonds. The van der Waals surface area contributed by atoms with Crippen LogP contribution in [0.2, 0.25) is 0 Å². The topological polar surface area (TPSA) is 103 Å². The Labute approximate surface area is 157 Å². The quantitative estimate of drug-likeness (QED) is 0.758. The van der Waals surface area contributed by atoms with E-state index in [4.69, 9.17) is 10.00 Å². The minimum atomic E-state index is -0.292. The summed E-state index contributed by atoms with van der Waals surface area (Å²) in [6, 6.07) is 14.9. The molecule has 1 aliphatic heterocycles. The number of ether oxygens (including phenoxy) is 1. The Morgan fingerprint density at radius 3 is 2.30 bits per heavy atom. The standard InChI is InChI=1S/C20H20N4O3/c21-12-14-3-5-15(6-4-14)19(25)23-16-7-9-17(10-8-16)24-20(26)22-13-18-2-1-11-27-18/h3-10,18H,1-2,11,13H2,(H,23,25)(H2,22,24,26). The minimum Gasteiger partial charge on any atom is -0.376 e. The summed E-state index contributed by atoms with van der Waals surface area (Å²) in [7, 11) is 0. The first-order valence-corrected chi connectivity index (χ1v) is 8.72. The van der Waals surface area contributed by atoms with Gasteiger partial charge in [-0.1, -0.05) is 0 Å². The smallest absolute Gasteiger partial charge is 0.319 e. The number of nitriles is 1. The van der Waals surface area contributed by atoms with Gasteiger partial charge in [0.2, 0.25) is 0 Å². The molecule has 1 fully saturated rings. The van der Waals surface area contributed by atoms with Gasteiger partial charge in [0.25, 0.3) is 5.91 Å². The minimum absolute atomic E-state index is 0.0931. The molecule has 7 heteroatoms. The summed E-state index contributed by atoms with van der Waals surface area (Å²) in [5.74, 6) is -0.269. The number of hydrogen-bond acceptors (Lipinski definition) is 4. The Bertz CT molecular complexity index is 835. The average Bonchev–Trinajstić information content (AvgIpc) is 3.21. The fourth-order valence-corrected chi connectivity index (χ4v) is 2.72. The van der Waals surface area contributed by atoms with Crippen LogP contribution in [0.4, 0.5) is 16.2 Å². The summed E-state index contributed by atoms with van der Waals surface area (Å²) < 4.78 is 5.46. The van der Waals surface area contributed by atoms with E-state index in [1.807, 2.05) is 6.07 Å². The maximum absolute atomic E-state index is 12.2. The monoisotopic (exact) mass is 364 g/mol. The summed E-state index contributed by atoms with van der Waals surface area (Å²) in [6.07, 6.45) is 2.09. The lowest BCUT2D eigenvalue weighted by Crippen LogP contribution is -2.35. The van der Waals surface area contributed by atoms with E-state index in [0.29, 0.717) is 29.0 Å². The van der Waals surface area contributed by atoms with E-state index in [1.54, 1.807) is 48.5 Å². The summed E-state index contributed by atoms with van der Waals surface area (Å²) in [5.41, 5.74) is 2.19. The van der Waals surface area contributed by atoms with Crippen LogP contribution in [-0.2, 0) is 4.74 Å². The normalized spacial score (nSPS) is 15.6. The molecule has 138 valence electrons. The maximum atomic E-state index is 12.2. The molecule has 3 N–H and O–H groups in total. The predicted octanol–water partition coefficient (Wildman–Crippen LogP) is 3.11. The molecule has 27 heavy (non-hydrogen) atoms. The van der Waals surface area contributed by atoms with Crippen LogP contribution in [0.1, 0.15) is 28.8 Å². The summed E-state index contributed by atoms with van der Waals surface area (Å²) in [5, 5.41) is 17.1. The van der Waals surface area contributed by atoms with Crippen LogP contribution in [0, 0.1) is 11.3 Å². The number of carbonyl (C=O) groups is 2. The van der Waals surface area contributed by atoms with Gasteiger partial charge in [0, 0.05) is 30.1 Å². The van der Waals surface area contributed by atoms with E-state index < -0.39 is 0 Å². The van der Waals surface area contributed by atoms with Crippen LogP contribution < -0.4 is 16.0 Å². The van der Waals surface area contributed by atoms with Gasteiger partial charge in [-0.05, 0) is 61.4 Å². The van der Waals surface area contributed by atoms with Crippen LogP contribution in [-0.4, -0.2) is 31.2 Å². The van der Waals surface area contributed by atoms with Gasteiger partial charge in [-0.2, -0.15) is 5.26 Å². The predicted molar refractivity (Wildman–Crippen MR) is 102 cm³/mol. The Morgan fingerprint density at radius 1 is 1.04 bits per heavy atom. The van der Waals surface area contributed by atoms with Crippen LogP contribution in [0.3, 0.4) is 0 Å². The van der Waals surface area contributed by atoms with E-state index in [9.17, 15) is 9.59 Å². The fourth-order valence-electron chi connectivity index (χ4n) is 2.72. The number of nitrogens with zero attached hydrogens (tertiary/aromatic N) is 1. The van der Waals surface area contributed by atoms with E-state index in [1.165, 1.54) is 0 Å². The van der Waals surface area contributed by atoms with Gasteiger partial charge in [0.15, 0.2) is 0 Å². The van der Waals surface area contributed by atoms with Gasteiger partial charge in [-0.15, -0.1) is 0 Å². The van der Waals surface area contributed by atoms with Crippen molar-refractivity contribution in [2.24, 2.45) is 0 Å². The number of anilines is 2. The highest BCUT2D eigenvalue weighted by Gasteiger charge is 2.16. The van der Waals surface area contributed by atoms with Gasteiger partial charge in [-0.3, -0.25) is 4.79 Å². The summed E-state index contributed by atoms with van der Waals surface area (Å²) in [4.78, 5) is 24.1. The number of benzene rings is 2. The first kappa shape index (κ1) is 18.4. The SMILES string of the molecule is N#Cc1ccc(C(=O)Nc2ccc(NC(=O)NCC3CCCO3)cc2)cc1. The van der Waals surface area contributed by atoms with E-state index >= 15 is 0 Å². The molecule has 0 aliphatic carbocycles. The zero-order valence-corrected chi connectivity index (χ0v) is 14.7. The highest BCUT2D eigenvalue weighted by Crippen LogP contribution is 2.15. The lowest BCUT2D eigenvalue weighted by Gasteiger charge is -2.12. The van der Waals surface area contributed by atoms with Crippen molar-refractivity contribution in [3.63, 3.8) is 0 Å². The summed E-state index contributed by atoms with van der Waals surface area (Å²) in [6.45, 7) is 1.24. The number of carbonyl (C=O) groups excluding carboxylic acids is 2. The molecule has 1 saturated heterocycles. The molecule has 1 unspecified atom stereocenters. The number of amides is 3. The highest BCUT2D eigenvalue weighted by molar-refractivity contribution is 6.04. The third-order valence-electron chi connectivity index (χ3n) is 4.19. The van der Waals surface area contributed by atoms with Crippen molar-refractivity contribution in [2.45, 2.75) is 18.9 Å². The second-order valence-electron chi connectivity index (χ2n) is 6.19. The molecule has 1 heterocycles. The zero-order chi connectivity index (χ0) is 19.1. The molecule has 3 rings (SSSR count). The first-order valence-electron chi connectivity index (χ1n) is 8.72. The molecular formula is C20H20N4O3. The van der Waals surface area contributed by atoms with Crippen LogP contribution >= 0.6 is 0 Å². The maximum Gasteiger partial charge on any atom is 0.319 e. The van der Waals surface area contributed by atoms with Gasteiger partial charge in [-0.25, -0.2) is 4.79 Å². The van der Waals surface area contributed by atoms with Crippen LogP contribution in [0.15, 0.2) is 48.5 Å². The highest BCUT2D eigenvalue weighted by atomic mass is 16.5. The van der Waals surface area contributed by atoms with Crippen molar-refractivity contribution < 1.29 is 14.3 Å². The average molecular weight is 364 g/mol. The molecular weight excluding hydrogens is 344 g/mol. The third-order valence-corrected chi connectivity index (χ3v) is 4.19. The molecule has 2 aromatic carbocycles. The lowest BCUT2D eigenvalue weighted by atomic mass is 10.1. The van der Waals surface area contributed by atoms with Crippen LogP contribution in [0.25, 0.3) is 0 Å². The van der Waals surface area contributed by atoms with Crippen molar-refractivity contribution in [3.8, 4) is 6.07 Å². The number of nitrogens with one attached hydrogen (secondary N) is 3. The third kappa shape index (κ3) is 5.30. The molecule has 0 saturated carbocycles. The van der Waals surface area contributed by atoms with Gasteiger partial charge < -0.3 is 20.7 Å². The molecule has 0 bridgehead atoms. The largest absolute Gasteiger partial charge is 0.376 e. The van der Waals surface area contributed by atoms with Crippen molar-refractivity contribution in [3.05, 3.63) is 59.7 Å². The van der Waals surface area contributed by atoms with Gasteiger partial charge >= 0.3 is 6.03 Å². The first-order chi connectivity index (χ1) is 13.1. The molecule has 7 nitrogen and oxygen atoms in total. The number of hydrogen-bond donors (Lipinski definition) is 3. The van der Waals surface area contributed by atoms with Gasteiger partial charge in [0.05, 0.1) is 17.7 Å². The van der Waals surface area contributed by atoms with E-state index in [-0.39, 0.29) is 18.0 Å². The molecule has 1 atom stereocenters.